The first kappa shape index (κ1) is 15.8. The van der Waals surface area contributed by atoms with Gasteiger partial charge < -0.3 is 9.42 Å². The third kappa shape index (κ3) is 3.00. The van der Waals surface area contributed by atoms with Crippen molar-refractivity contribution in [3.8, 4) is 11.4 Å². The first-order valence-corrected chi connectivity index (χ1v) is 8.14. The van der Waals surface area contributed by atoms with Crippen molar-refractivity contribution in [3.05, 3.63) is 65.3 Å². The van der Waals surface area contributed by atoms with Gasteiger partial charge in [-0.25, -0.2) is 4.39 Å². The Morgan fingerprint density at radius 2 is 1.92 bits per heavy atom. The molecule has 7 heteroatoms. The first-order valence-electron chi connectivity index (χ1n) is 7.76. The fourth-order valence-electron chi connectivity index (χ4n) is 2.89. The normalized spacial score (nSPS) is 17.3. The summed E-state index contributed by atoms with van der Waals surface area (Å²) in [6.45, 7) is 0.424. The van der Waals surface area contributed by atoms with Gasteiger partial charge in [0.25, 0.3) is 0 Å². The van der Waals surface area contributed by atoms with E-state index < -0.39 is 0 Å². The Morgan fingerprint density at radius 3 is 2.68 bits per heavy atom. The highest BCUT2D eigenvalue weighted by Gasteiger charge is 2.35. The van der Waals surface area contributed by atoms with Crippen LogP contribution in [0.4, 0.5) is 10.1 Å². The molecular formula is C18H13ClFN3O2. The number of halogens is 2. The summed E-state index contributed by atoms with van der Waals surface area (Å²) in [4.78, 5) is 18.4. The zero-order valence-corrected chi connectivity index (χ0v) is 13.8. The average Bonchev–Trinajstić information content (AvgIpc) is 3.23. The Balaban J connectivity index is 1.57. The van der Waals surface area contributed by atoms with Crippen molar-refractivity contribution in [2.75, 3.05) is 11.4 Å². The lowest BCUT2D eigenvalue weighted by Gasteiger charge is -2.17. The molecule has 1 fully saturated rings. The predicted octanol–water partition coefficient (Wildman–Crippen LogP) is 4.05. The van der Waals surface area contributed by atoms with Gasteiger partial charge in [-0.2, -0.15) is 4.98 Å². The van der Waals surface area contributed by atoms with Gasteiger partial charge in [-0.15, -0.1) is 0 Å². The summed E-state index contributed by atoms with van der Waals surface area (Å²) in [5.41, 5.74) is 1.33. The van der Waals surface area contributed by atoms with Crippen molar-refractivity contribution in [3.63, 3.8) is 0 Å². The molecule has 0 aliphatic carbocycles. The van der Waals surface area contributed by atoms with Gasteiger partial charge in [0.1, 0.15) is 5.82 Å². The van der Waals surface area contributed by atoms with Crippen LogP contribution >= 0.6 is 11.6 Å². The van der Waals surface area contributed by atoms with E-state index in [0.717, 1.165) is 0 Å². The number of anilines is 1. The topological polar surface area (TPSA) is 59.2 Å². The Hall–Kier alpha value is -2.73. The standard InChI is InChI=1S/C18H13ClFN3O2/c19-14-3-1-2-4-15(14)23-10-12(9-16(23)24)18-21-17(22-25-18)11-5-7-13(20)8-6-11/h1-8,12H,9-10H2. The Labute approximate surface area is 148 Å². The van der Waals surface area contributed by atoms with Crippen molar-refractivity contribution in [1.29, 1.82) is 0 Å². The molecule has 2 aromatic carbocycles. The van der Waals surface area contributed by atoms with E-state index in [1.807, 2.05) is 12.1 Å². The third-order valence-electron chi connectivity index (χ3n) is 4.16. The van der Waals surface area contributed by atoms with Crippen LogP contribution in [0.2, 0.25) is 5.02 Å². The van der Waals surface area contributed by atoms with E-state index in [1.54, 1.807) is 29.2 Å². The number of aromatic nitrogens is 2. The van der Waals surface area contributed by atoms with Crippen LogP contribution in [0.15, 0.2) is 53.1 Å². The molecule has 5 nitrogen and oxygen atoms in total. The van der Waals surface area contributed by atoms with Crippen molar-refractivity contribution < 1.29 is 13.7 Å². The summed E-state index contributed by atoms with van der Waals surface area (Å²) in [6, 6.07) is 13.0. The SMILES string of the molecule is O=C1CC(c2nc(-c3ccc(F)cc3)no2)CN1c1ccccc1Cl. The van der Waals surface area contributed by atoms with E-state index in [9.17, 15) is 9.18 Å². The second-order valence-corrected chi connectivity index (χ2v) is 6.23. The Morgan fingerprint density at radius 1 is 1.16 bits per heavy atom. The molecule has 0 spiro atoms. The fourth-order valence-corrected chi connectivity index (χ4v) is 3.13. The minimum Gasteiger partial charge on any atom is -0.339 e. The first-order chi connectivity index (χ1) is 12.1. The molecule has 1 unspecified atom stereocenters. The highest BCUT2D eigenvalue weighted by Crippen LogP contribution is 2.35. The number of rotatable bonds is 3. The van der Waals surface area contributed by atoms with Gasteiger partial charge in [0.05, 0.1) is 16.6 Å². The second-order valence-electron chi connectivity index (χ2n) is 5.82. The fraction of sp³-hybridized carbons (Fsp3) is 0.167. The molecule has 1 saturated heterocycles. The number of benzene rings is 2. The molecular weight excluding hydrogens is 345 g/mol. The molecule has 0 radical (unpaired) electrons. The molecule has 25 heavy (non-hydrogen) atoms. The highest BCUT2D eigenvalue weighted by molar-refractivity contribution is 6.33. The molecule has 3 aromatic rings. The lowest BCUT2D eigenvalue weighted by atomic mass is 10.1. The van der Waals surface area contributed by atoms with Crippen LogP contribution in [0.3, 0.4) is 0 Å². The number of amides is 1. The predicted molar refractivity (Wildman–Crippen MR) is 90.9 cm³/mol. The molecule has 1 aliphatic rings. The lowest BCUT2D eigenvalue weighted by Crippen LogP contribution is -2.24. The van der Waals surface area contributed by atoms with Crippen LogP contribution in [-0.4, -0.2) is 22.6 Å². The average molecular weight is 358 g/mol. The largest absolute Gasteiger partial charge is 0.339 e. The summed E-state index contributed by atoms with van der Waals surface area (Å²) in [5, 5.41) is 4.46. The maximum atomic E-state index is 13.0. The molecule has 2 heterocycles. The zero-order chi connectivity index (χ0) is 17.4. The smallest absolute Gasteiger partial charge is 0.232 e. The van der Waals surface area contributed by atoms with Gasteiger partial charge in [0.15, 0.2) is 0 Å². The number of para-hydroxylation sites is 1. The van der Waals surface area contributed by atoms with Crippen LogP contribution in [-0.2, 0) is 4.79 Å². The molecule has 1 aliphatic heterocycles. The number of nitrogens with zero attached hydrogens (tertiary/aromatic N) is 3. The van der Waals surface area contributed by atoms with Crippen LogP contribution in [0, 0.1) is 5.82 Å². The highest BCUT2D eigenvalue weighted by atomic mass is 35.5. The van der Waals surface area contributed by atoms with E-state index in [0.29, 0.717) is 34.5 Å². The van der Waals surface area contributed by atoms with Crippen molar-refractivity contribution >= 4 is 23.2 Å². The molecule has 0 N–H and O–H groups in total. The van der Waals surface area contributed by atoms with Crippen molar-refractivity contribution in [1.82, 2.24) is 10.1 Å². The van der Waals surface area contributed by atoms with Crippen LogP contribution in [0.1, 0.15) is 18.2 Å². The summed E-state index contributed by atoms with van der Waals surface area (Å²) in [5.74, 6) is 0.190. The second kappa shape index (κ2) is 6.29. The van der Waals surface area contributed by atoms with Gasteiger partial charge in [0, 0.05) is 18.5 Å². The van der Waals surface area contributed by atoms with Crippen LogP contribution in [0.5, 0.6) is 0 Å². The zero-order valence-electron chi connectivity index (χ0n) is 13.0. The number of carbonyl (C=O) groups excluding carboxylic acids is 1. The molecule has 0 bridgehead atoms. The summed E-state index contributed by atoms with van der Waals surface area (Å²) >= 11 is 6.18. The van der Waals surface area contributed by atoms with E-state index in [2.05, 4.69) is 10.1 Å². The number of carbonyl (C=O) groups is 1. The number of hydrogen-bond acceptors (Lipinski definition) is 4. The molecule has 126 valence electrons. The summed E-state index contributed by atoms with van der Waals surface area (Å²) in [6.07, 6.45) is 0.274. The van der Waals surface area contributed by atoms with E-state index in [4.69, 9.17) is 16.1 Å². The molecule has 4 rings (SSSR count). The lowest BCUT2D eigenvalue weighted by molar-refractivity contribution is -0.117. The molecule has 1 atom stereocenters. The molecule has 1 amide bonds. The van der Waals surface area contributed by atoms with Crippen LogP contribution < -0.4 is 4.90 Å². The Kier molecular flexibility index (Phi) is 3.97. The van der Waals surface area contributed by atoms with Crippen molar-refractivity contribution in [2.24, 2.45) is 0 Å². The summed E-state index contributed by atoms with van der Waals surface area (Å²) in [7, 11) is 0. The van der Waals surface area contributed by atoms with E-state index >= 15 is 0 Å². The van der Waals surface area contributed by atoms with Crippen LogP contribution in [0.25, 0.3) is 11.4 Å². The van der Waals surface area contributed by atoms with Gasteiger partial charge in [-0.1, -0.05) is 28.9 Å². The van der Waals surface area contributed by atoms with Gasteiger partial charge in [0.2, 0.25) is 17.6 Å². The molecule has 0 saturated carbocycles. The third-order valence-corrected chi connectivity index (χ3v) is 4.48. The number of hydrogen-bond donors (Lipinski definition) is 0. The summed E-state index contributed by atoms with van der Waals surface area (Å²) < 4.78 is 18.3. The molecule has 1 aromatic heterocycles. The van der Waals surface area contributed by atoms with Crippen molar-refractivity contribution in [2.45, 2.75) is 12.3 Å². The minimum atomic E-state index is -0.329. The van der Waals surface area contributed by atoms with E-state index in [1.165, 1.54) is 12.1 Å². The monoisotopic (exact) mass is 357 g/mol. The van der Waals surface area contributed by atoms with E-state index in [-0.39, 0.29) is 24.1 Å². The van der Waals surface area contributed by atoms with Gasteiger partial charge >= 0.3 is 0 Å². The van der Waals surface area contributed by atoms with Gasteiger partial charge in [-0.3, -0.25) is 4.79 Å². The quantitative estimate of drug-likeness (QED) is 0.709. The minimum absolute atomic E-state index is 0.0420. The maximum absolute atomic E-state index is 13.0. The maximum Gasteiger partial charge on any atom is 0.232 e. The van der Waals surface area contributed by atoms with Gasteiger partial charge in [-0.05, 0) is 36.4 Å². The Bertz CT molecular complexity index is 926.